The van der Waals surface area contributed by atoms with Crippen molar-refractivity contribution < 1.29 is 9.18 Å². The number of rotatable bonds is 4. The van der Waals surface area contributed by atoms with Crippen LogP contribution in [-0.2, 0) is 4.79 Å². The Balaban J connectivity index is 1.82. The number of anilines is 3. The minimum Gasteiger partial charge on any atom is -0.363 e. The van der Waals surface area contributed by atoms with Crippen LogP contribution in [0.1, 0.15) is 24.5 Å². The second kappa shape index (κ2) is 8.19. The lowest BCUT2D eigenvalue weighted by molar-refractivity contribution is -0.130. The molecule has 1 amide bonds. The topological polar surface area (TPSA) is 120 Å². The maximum atomic E-state index is 14.5. The van der Waals surface area contributed by atoms with Crippen LogP contribution in [0.2, 0.25) is 0 Å². The van der Waals surface area contributed by atoms with Gasteiger partial charge in [-0.25, -0.2) is 9.37 Å². The molecule has 1 fully saturated rings. The molecule has 9 heteroatoms. The molecular formula is C19H22FN7O. The summed E-state index contributed by atoms with van der Waals surface area (Å²) >= 11 is 0. The van der Waals surface area contributed by atoms with E-state index in [9.17, 15) is 14.4 Å². The molecule has 0 spiro atoms. The van der Waals surface area contributed by atoms with Gasteiger partial charge in [-0.1, -0.05) is 0 Å². The van der Waals surface area contributed by atoms with Crippen molar-refractivity contribution in [1.82, 2.24) is 14.9 Å². The number of carbonyl (C=O) groups is 1. The van der Waals surface area contributed by atoms with E-state index in [2.05, 4.69) is 20.6 Å². The van der Waals surface area contributed by atoms with Crippen molar-refractivity contribution in [3.8, 4) is 6.07 Å². The van der Waals surface area contributed by atoms with Gasteiger partial charge >= 0.3 is 0 Å². The summed E-state index contributed by atoms with van der Waals surface area (Å²) in [7, 11) is 0. The molecule has 1 saturated heterocycles. The van der Waals surface area contributed by atoms with E-state index in [4.69, 9.17) is 5.73 Å². The first-order chi connectivity index (χ1) is 13.4. The Hall–Kier alpha value is -3.25. The molecule has 2 atom stereocenters. The molecular weight excluding hydrogens is 361 g/mol. The number of likely N-dealkylation sites (tertiary alicyclic amines) is 1. The molecule has 28 heavy (non-hydrogen) atoms. The monoisotopic (exact) mass is 383 g/mol. The molecule has 0 aromatic carbocycles. The van der Waals surface area contributed by atoms with E-state index >= 15 is 0 Å². The van der Waals surface area contributed by atoms with Crippen molar-refractivity contribution in [2.45, 2.75) is 32.4 Å². The van der Waals surface area contributed by atoms with Gasteiger partial charge in [-0.3, -0.25) is 9.78 Å². The van der Waals surface area contributed by atoms with Gasteiger partial charge < -0.3 is 21.3 Å². The largest absolute Gasteiger partial charge is 0.363 e. The van der Waals surface area contributed by atoms with Crippen molar-refractivity contribution >= 4 is 23.2 Å². The molecule has 1 aliphatic heterocycles. The standard InChI is InChI=1S/C19H22FN7O/c1-11-5-14(9-23-8-11)24-18-13(7-21)6-15(20)19(26-18)25-17-3-4-27(12(2)28)10-16(17)22/h5-6,8-9,16-17H,3-4,10,22H2,1-2H3,(H2,24,25,26)/t16?,17-/m1/s1. The number of piperidine rings is 1. The number of halogens is 1. The van der Waals surface area contributed by atoms with E-state index in [-0.39, 0.29) is 35.2 Å². The summed E-state index contributed by atoms with van der Waals surface area (Å²) in [5.41, 5.74) is 7.82. The van der Waals surface area contributed by atoms with Crippen molar-refractivity contribution in [3.63, 3.8) is 0 Å². The quantitative estimate of drug-likeness (QED) is 0.737. The van der Waals surface area contributed by atoms with Gasteiger partial charge in [0.15, 0.2) is 17.5 Å². The highest BCUT2D eigenvalue weighted by atomic mass is 19.1. The minimum atomic E-state index is -0.634. The third-order valence-corrected chi connectivity index (χ3v) is 4.66. The minimum absolute atomic E-state index is 0.0128. The van der Waals surface area contributed by atoms with E-state index in [0.29, 0.717) is 25.2 Å². The molecule has 0 aliphatic carbocycles. The molecule has 8 nitrogen and oxygen atoms in total. The van der Waals surface area contributed by atoms with Crippen LogP contribution in [0.3, 0.4) is 0 Å². The average Bonchev–Trinajstić information content (AvgIpc) is 2.65. The van der Waals surface area contributed by atoms with Crippen LogP contribution < -0.4 is 16.4 Å². The Morgan fingerprint density at radius 1 is 1.39 bits per heavy atom. The molecule has 1 unspecified atom stereocenters. The lowest BCUT2D eigenvalue weighted by Gasteiger charge is -2.36. The fraction of sp³-hybridized carbons (Fsp3) is 0.368. The average molecular weight is 383 g/mol. The number of pyridine rings is 2. The Labute approximate surface area is 162 Å². The number of hydrogen-bond acceptors (Lipinski definition) is 7. The zero-order valence-corrected chi connectivity index (χ0v) is 15.7. The molecule has 0 radical (unpaired) electrons. The van der Waals surface area contributed by atoms with E-state index in [1.54, 1.807) is 17.3 Å². The van der Waals surface area contributed by atoms with Crippen LogP contribution in [0.15, 0.2) is 24.5 Å². The van der Waals surface area contributed by atoms with Crippen LogP contribution in [-0.4, -0.2) is 45.9 Å². The molecule has 3 rings (SSSR count). The van der Waals surface area contributed by atoms with Crippen molar-refractivity contribution in [2.24, 2.45) is 5.73 Å². The van der Waals surface area contributed by atoms with E-state index in [1.165, 1.54) is 6.92 Å². The summed E-state index contributed by atoms with van der Waals surface area (Å²) in [5, 5.41) is 15.4. The second-order valence-corrected chi connectivity index (χ2v) is 6.87. The zero-order valence-electron chi connectivity index (χ0n) is 15.7. The van der Waals surface area contributed by atoms with Gasteiger partial charge in [0.2, 0.25) is 5.91 Å². The number of aromatic nitrogens is 2. The lowest BCUT2D eigenvalue weighted by Crippen LogP contribution is -2.55. The van der Waals surface area contributed by atoms with E-state index in [1.807, 2.05) is 19.1 Å². The maximum Gasteiger partial charge on any atom is 0.219 e. The van der Waals surface area contributed by atoms with Crippen LogP contribution in [0, 0.1) is 24.1 Å². The summed E-state index contributed by atoms with van der Waals surface area (Å²) in [4.78, 5) is 21.5. The molecule has 2 aromatic heterocycles. The molecule has 2 aromatic rings. The first kappa shape index (κ1) is 19.5. The second-order valence-electron chi connectivity index (χ2n) is 6.87. The summed E-state index contributed by atoms with van der Waals surface area (Å²) in [6, 6.07) is 4.34. The molecule has 0 saturated carbocycles. The number of aryl methyl sites for hydroxylation is 1. The van der Waals surface area contributed by atoms with E-state index < -0.39 is 5.82 Å². The smallest absolute Gasteiger partial charge is 0.219 e. The molecule has 3 heterocycles. The van der Waals surface area contributed by atoms with Gasteiger partial charge in [0, 0.05) is 38.3 Å². The number of nitrogens with one attached hydrogen (secondary N) is 2. The molecule has 4 N–H and O–H groups in total. The predicted octanol–water partition coefficient (Wildman–Crippen LogP) is 1.90. The summed E-state index contributed by atoms with van der Waals surface area (Å²) in [6.07, 6.45) is 3.88. The van der Waals surface area contributed by atoms with Crippen molar-refractivity contribution in [2.75, 3.05) is 23.7 Å². The Kier molecular flexibility index (Phi) is 5.70. The predicted molar refractivity (Wildman–Crippen MR) is 103 cm³/mol. The Morgan fingerprint density at radius 3 is 2.82 bits per heavy atom. The SMILES string of the molecule is CC(=O)N1CC[C@@H](Nc2nc(Nc3cncc(C)c3)c(C#N)cc2F)C(N)C1. The molecule has 0 bridgehead atoms. The number of nitrogens with zero attached hydrogens (tertiary/aromatic N) is 4. The number of amides is 1. The molecule has 146 valence electrons. The van der Waals surface area contributed by atoms with Gasteiger partial charge in [-0.15, -0.1) is 0 Å². The zero-order chi connectivity index (χ0) is 20.3. The van der Waals surface area contributed by atoms with Crippen LogP contribution in [0.4, 0.5) is 21.7 Å². The van der Waals surface area contributed by atoms with Gasteiger partial charge in [-0.2, -0.15) is 5.26 Å². The lowest BCUT2D eigenvalue weighted by atomic mass is 10.00. The number of carbonyl (C=O) groups excluding carboxylic acids is 1. The van der Waals surface area contributed by atoms with Gasteiger partial charge in [0.1, 0.15) is 6.07 Å². The highest BCUT2D eigenvalue weighted by Crippen LogP contribution is 2.25. The third-order valence-electron chi connectivity index (χ3n) is 4.66. The summed E-state index contributed by atoms with van der Waals surface area (Å²) in [6.45, 7) is 4.33. The van der Waals surface area contributed by atoms with E-state index in [0.717, 1.165) is 11.6 Å². The van der Waals surface area contributed by atoms with Crippen molar-refractivity contribution in [1.29, 1.82) is 5.26 Å². The number of hydrogen-bond donors (Lipinski definition) is 3. The first-order valence-corrected chi connectivity index (χ1v) is 8.94. The Bertz CT molecular complexity index is 927. The van der Waals surface area contributed by atoms with Gasteiger partial charge in [0.25, 0.3) is 0 Å². The fourth-order valence-corrected chi connectivity index (χ4v) is 3.15. The third kappa shape index (κ3) is 4.35. The summed E-state index contributed by atoms with van der Waals surface area (Å²) < 4.78 is 14.5. The first-order valence-electron chi connectivity index (χ1n) is 8.94. The van der Waals surface area contributed by atoms with Gasteiger partial charge in [0.05, 0.1) is 17.4 Å². The normalized spacial score (nSPS) is 19.0. The highest BCUT2D eigenvalue weighted by Gasteiger charge is 2.29. The maximum absolute atomic E-state index is 14.5. The summed E-state index contributed by atoms with van der Waals surface area (Å²) in [5.74, 6) is -0.423. The van der Waals surface area contributed by atoms with Crippen LogP contribution in [0.25, 0.3) is 0 Å². The highest BCUT2D eigenvalue weighted by molar-refractivity contribution is 5.73. The van der Waals surface area contributed by atoms with Crippen LogP contribution >= 0.6 is 0 Å². The van der Waals surface area contributed by atoms with Crippen molar-refractivity contribution in [3.05, 3.63) is 41.5 Å². The number of nitrogens with two attached hydrogens (primary N) is 1. The Morgan fingerprint density at radius 2 is 2.18 bits per heavy atom. The van der Waals surface area contributed by atoms with Crippen LogP contribution in [0.5, 0.6) is 0 Å². The van der Waals surface area contributed by atoms with Gasteiger partial charge in [-0.05, 0) is 31.0 Å². The molecule has 1 aliphatic rings. The fourth-order valence-electron chi connectivity index (χ4n) is 3.15. The number of nitriles is 1.